The Hall–Kier alpha value is -2.96. The Labute approximate surface area is 135 Å². The molecule has 7 heteroatoms. The van der Waals surface area contributed by atoms with Crippen molar-refractivity contribution in [1.29, 1.82) is 0 Å². The molecule has 1 aromatic heterocycles. The van der Waals surface area contributed by atoms with Crippen molar-refractivity contribution in [3.63, 3.8) is 0 Å². The number of hydrogen-bond donors (Lipinski definition) is 1. The molecular weight excluding hydrogens is 323 g/mol. The maximum absolute atomic E-state index is 12.1. The zero-order chi connectivity index (χ0) is 17.2. The molecule has 4 nitrogen and oxygen atoms in total. The molecule has 0 aliphatic heterocycles. The van der Waals surface area contributed by atoms with Crippen LogP contribution in [0.1, 0.15) is 5.56 Å². The third-order valence-corrected chi connectivity index (χ3v) is 3.19. The van der Waals surface area contributed by atoms with Crippen LogP contribution in [0.5, 0.6) is 17.4 Å². The van der Waals surface area contributed by atoms with Gasteiger partial charge in [0.15, 0.2) is 0 Å². The number of aromatic hydroxyl groups is 1. The summed E-state index contributed by atoms with van der Waals surface area (Å²) in [4.78, 5) is 4.29. The summed E-state index contributed by atoms with van der Waals surface area (Å²) in [6, 6.07) is 13.6. The van der Waals surface area contributed by atoms with Crippen LogP contribution in [-0.4, -0.2) is 16.5 Å². The van der Waals surface area contributed by atoms with Gasteiger partial charge in [0.2, 0.25) is 5.88 Å². The summed E-state index contributed by atoms with van der Waals surface area (Å²) in [7, 11) is 0. The van der Waals surface area contributed by atoms with E-state index >= 15 is 0 Å². The standard InChI is InChI=1S/C17H12F3NO3/c18-17(19,20)24-14-5-1-11(2-6-14)10-23-16-8-3-12-9-13(22)4-7-15(12)21-16/h1-9,22H,10H2. The van der Waals surface area contributed by atoms with Crippen LogP contribution in [0.15, 0.2) is 54.6 Å². The molecule has 1 N–H and O–H groups in total. The number of aromatic nitrogens is 1. The molecule has 0 aliphatic carbocycles. The van der Waals surface area contributed by atoms with E-state index in [2.05, 4.69) is 9.72 Å². The van der Waals surface area contributed by atoms with Crippen LogP contribution in [0, 0.1) is 0 Å². The van der Waals surface area contributed by atoms with Crippen LogP contribution >= 0.6 is 0 Å². The van der Waals surface area contributed by atoms with Gasteiger partial charge in [-0.15, -0.1) is 13.2 Å². The highest BCUT2D eigenvalue weighted by molar-refractivity contribution is 5.80. The summed E-state index contributed by atoms with van der Waals surface area (Å²) >= 11 is 0. The first kappa shape index (κ1) is 15.9. The Kier molecular flexibility index (Phi) is 4.16. The lowest BCUT2D eigenvalue weighted by molar-refractivity contribution is -0.274. The van der Waals surface area contributed by atoms with E-state index in [1.165, 1.54) is 30.3 Å². The average Bonchev–Trinajstić information content (AvgIpc) is 2.53. The lowest BCUT2D eigenvalue weighted by atomic mass is 10.2. The minimum Gasteiger partial charge on any atom is -0.508 e. The molecule has 0 unspecified atom stereocenters. The number of pyridine rings is 1. The van der Waals surface area contributed by atoms with Gasteiger partial charge in [-0.05, 0) is 42.0 Å². The number of fused-ring (bicyclic) bond motifs is 1. The van der Waals surface area contributed by atoms with Crippen molar-refractivity contribution in [2.45, 2.75) is 13.0 Å². The van der Waals surface area contributed by atoms with Crippen LogP contribution in [0.2, 0.25) is 0 Å². The van der Waals surface area contributed by atoms with E-state index < -0.39 is 6.36 Å². The molecule has 24 heavy (non-hydrogen) atoms. The van der Waals surface area contributed by atoms with Gasteiger partial charge in [-0.2, -0.15) is 0 Å². The molecular formula is C17H12F3NO3. The average molecular weight is 335 g/mol. The molecule has 0 bridgehead atoms. The fraction of sp³-hybridized carbons (Fsp3) is 0.118. The van der Waals surface area contributed by atoms with E-state index in [-0.39, 0.29) is 18.1 Å². The maximum atomic E-state index is 12.1. The van der Waals surface area contributed by atoms with Crippen molar-refractivity contribution in [2.24, 2.45) is 0 Å². The summed E-state index contributed by atoms with van der Waals surface area (Å²) in [5, 5.41) is 10.2. The highest BCUT2D eigenvalue weighted by atomic mass is 19.4. The zero-order valence-corrected chi connectivity index (χ0v) is 12.2. The maximum Gasteiger partial charge on any atom is 0.573 e. The second-order valence-corrected chi connectivity index (χ2v) is 5.01. The number of alkyl halides is 3. The molecule has 0 aliphatic rings. The Balaban J connectivity index is 1.66. The van der Waals surface area contributed by atoms with Gasteiger partial charge in [0.05, 0.1) is 5.52 Å². The molecule has 0 amide bonds. The predicted molar refractivity (Wildman–Crippen MR) is 80.9 cm³/mol. The molecule has 3 rings (SSSR count). The molecule has 0 atom stereocenters. The Morgan fingerprint density at radius 3 is 2.42 bits per heavy atom. The first-order chi connectivity index (χ1) is 11.4. The third kappa shape index (κ3) is 4.07. The van der Waals surface area contributed by atoms with E-state index in [9.17, 15) is 18.3 Å². The number of benzene rings is 2. The number of halogens is 3. The highest BCUT2D eigenvalue weighted by Gasteiger charge is 2.30. The van der Waals surface area contributed by atoms with Gasteiger partial charge in [-0.1, -0.05) is 12.1 Å². The smallest absolute Gasteiger partial charge is 0.508 e. The van der Waals surface area contributed by atoms with Crippen molar-refractivity contribution in [1.82, 2.24) is 4.98 Å². The Bertz CT molecular complexity index is 848. The summed E-state index contributed by atoms with van der Waals surface area (Å²) in [6.45, 7) is 0.156. The van der Waals surface area contributed by atoms with Gasteiger partial charge >= 0.3 is 6.36 Å². The summed E-state index contributed by atoms with van der Waals surface area (Å²) in [6.07, 6.45) is -4.71. The van der Waals surface area contributed by atoms with Gasteiger partial charge in [-0.25, -0.2) is 4.98 Å². The van der Waals surface area contributed by atoms with E-state index in [4.69, 9.17) is 4.74 Å². The van der Waals surface area contributed by atoms with Crippen LogP contribution in [0.25, 0.3) is 10.9 Å². The second kappa shape index (κ2) is 6.27. The molecule has 0 spiro atoms. The molecule has 3 aromatic rings. The summed E-state index contributed by atoms with van der Waals surface area (Å²) in [5.41, 5.74) is 1.34. The lowest BCUT2D eigenvalue weighted by Crippen LogP contribution is -2.17. The van der Waals surface area contributed by atoms with Gasteiger partial charge in [0, 0.05) is 11.5 Å². The lowest BCUT2D eigenvalue weighted by Gasteiger charge is -2.10. The van der Waals surface area contributed by atoms with Gasteiger partial charge in [0.1, 0.15) is 18.1 Å². The minimum atomic E-state index is -4.71. The molecule has 1 heterocycles. The largest absolute Gasteiger partial charge is 0.573 e. The van der Waals surface area contributed by atoms with Gasteiger partial charge in [-0.3, -0.25) is 0 Å². The van der Waals surface area contributed by atoms with Gasteiger partial charge < -0.3 is 14.6 Å². The van der Waals surface area contributed by atoms with Crippen LogP contribution in [0.3, 0.4) is 0 Å². The van der Waals surface area contributed by atoms with E-state index in [1.54, 1.807) is 24.3 Å². The number of nitrogens with zero attached hydrogens (tertiary/aromatic N) is 1. The number of phenolic OH excluding ortho intramolecular Hbond substituents is 1. The molecule has 124 valence electrons. The fourth-order valence-electron chi connectivity index (χ4n) is 2.12. The number of rotatable bonds is 4. The number of phenols is 1. The first-order valence-corrected chi connectivity index (χ1v) is 6.96. The number of hydrogen-bond acceptors (Lipinski definition) is 4. The molecule has 2 aromatic carbocycles. The summed E-state index contributed by atoms with van der Waals surface area (Å²) in [5.74, 6) is 0.248. The summed E-state index contributed by atoms with van der Waals surface area (Å²) < 4.78 is 45.6. The highest BCUT2D eigenvalue weighted by Crippen LogP contribution is 2.24. The van der Waals surface area contributed by atoms with E-state index in [1.807, 2.05) is 0 Å². The first-order valence-electron chi connectivity index (χ1n) is 6.96. The number of ether oxygens (including phenoxy) is 2. The topological polar surface area (TPSA) is 51.6 Å². The quantitative estimate of drug-likeness (QED) is 0.767. The van der Waals surface area contributed by atoms with Gasteiger partial charge in [0.25, 0.3) is 0 Å². The molecule has 0 radical (unpaired) electrons. The van der Waals surface area contributed by atoms with Crippen molar-refractivity contribution in [3.05, 3.63) is 60.2 Å². The van der Waals surface area contributed by atoms with E-state index in [0.29, 0.717) is 17.0 Å². The molecule has 0 saturated carbocycles. The van der Waals surface area contributed by atoms with Crippen molar-refractivity contribution in [2.75, 3.05) is 0 Å². The molecule has 0 saturated heterocycles. The molecule has 0 fully saturated rings. The van der Waals surface area contributed by atoms with Crippen molar-refractivity contribution < 1.29 is 27.8 Å². The Morgan fingerprint density at radius 2 is 1.71 bits per heavy atom. The normalized spacial score (nSPS) is 11.5. The Morgan fingerprint density at radius 1 is 0.958 bits per heavy atom. The SMILES string of the molecule is Oc1ccc2nc(OCc3ccc(OC(F)(F)F)cc3)ccc2c1. The third-order valence-electron chi connectivity index (χ3n) is 3.19. The van der Waals surface area contributed by atoms with Crippen LogP contribution < -0.4 is 9.47 Å². The van der Waals surface area contributed by atoms with Crippen molar-refractivity contribution >= 4 is 10.9 Å². The van der Waals surface area contributed by atoms with Crippen LogP contribution in [0.4, 0.5) is 13.2 Å². The van der Waals surface area contributed by atoms with Crippen molar-refractivity contribution in [3.8, 4) is 17.4 Å². The predicted octanol–water partition coefficient (Wildman–Crippen LogP) is 4.42. The monoisotopic (exact) mass is 335 g/mol. The fourth-order valence-corrected chi connectivity index (χ4v) is 2.12. The minimum absolute atomic E-state index is 0.152. The zero-order valence-electron chi connectivity index (χ0n) is 12.2. The second-order valence-electron chi connectivity index (χ2n) is 5.01. The van der Waals surface area contributed by atoms with Crippen LogP contribution in [-0.2, 0) is 6.61 Å². The van der Waals surface area contributed by atoms with E-state index in [0.717, 1.165) is 5.39 Å².